The number of nitro benzene ring substituents is 1. The van der Waals surface area contributed by atoms with Crippen LogP contribution in [0.25, 0.3) is 21.8 Å². The zero-order valence-corrected chi connectivity index (χ0v) is 12.4. The van der Waals surface area contributed by atoms with Gasteiger partial charge in [-0.3, -0.25) is 15.5 Å². The Morgan fingerprint density at radius 1 is 1.09 bits per heavy atom. The van der Waals surface area contributed by atoms with Crippen molar-refractivity contribution in [3.05, 3.63) is 45.8 Å². The lowest BCUT2D eigenvalue weighted by molar-refractivity contribution is -0.384. The summed E-state index contributed by atoms with van der Waals surface area (Å²) in [7, 11) is 2.93. The predicted octanol–water partition coefficient (Wildman–Crippen LogP) is 2.44. The third-order valence-electron chi connectivity index (χ3n) is 3.69. The highest BCUT2D eigenvalue weighted by Gasteiger charge is 2.16. The smallest absolute Gasteiger partial charge is 0.271 e. The molecule has 0 spiro atoms. The number of nitrogens with zero attached hydrogens (tertiary/aromatic N) is 2. The minimum atomic E-state index is -0.554. The summed E-state index contributed by atoms with van der Waals surface area (Å²) in [5.74, 6) is 0.807. The van der Waals surface area contributed by atoms with Crippen LogP contribution in [-0.4, -0.2) is 29.1 Å². The van der Waals surface area contributed by atoms with Gasteiger partial charge in [-0.1, -0.05) is 0 Å². The van der Waals surface area contributed by atoms with Crippen LogP contribution in [0.4, 0.5) is 5.69 Å². The predicted molar refractivity (Wildman–Crippen MR) is 82.2 cm³/mol. The van der Waals surface area contributed by atoms with E-state index < -0.39 is 4.92 Å². The molecule has 8 nitrogen and oxygen atoms in total. The van der Waals surface area contributed by atoms with Gasteiger partial charge in [0.2, 0.25) is 0 Å². The third-order valence-corrected chi connectivity index (χ3v) is 3.69. The minimum Gasteiger partial charge on any atom is -0.493 e. The van der Waals surface area contributed by atoms with E-state index in [2.05, 4.69) is 0 Å². The first kappa shape index (κ1) is 14.6. The van der Waals surface area contributed by atoms with E-state index in [1.54, 1.807) is 6.07 Å². The molecule has 2 aromatic carbocycles. The van der Waals surface area contributed by atoms with E-state index in [4.69, 9.17) is 14.9 Å². The summed E-state index contributed by atoms with van der Waals surface area (Å²) in [5.41, 5.74) is 0.295. The van der Waals surface area contributed by atoms with Gasteiger partial charge < -0.3 is 14.7 Å². The lowest BCUT2D eigenvalue weighted by Gasteiger charge is -2.13. The van der Waals surface area contributed by atoms with E-state index in [1.807, 2.05) is 0 Å². The van der Waals surface area contributed by atoms with Gasteiger partial charge in [0.15, 0.2) is 11.5 Å². The van der Waals surface area contributed by atoms with Crippen molar-refractivity contribution in [2.45, 2.75) is 0 Å². The first-order valence-electron chi connectivity index (χ1n) is 6.60. The Hall–Kier alpha value is -3.29. The Kier molecular flexibility index (Phi) is 3.29. The number of nitrogens with one attached hydrogen (secondary N) is 1. The topological polar surface area (TPSA) is 111 Å². The van der Waals surface area contributed by atoms with Crippen LogP contribution < -0.4 is 14.8 Å². The lowest BCUT2D eigenvalue weighted by Crippen LogP contribution is -2.11. The molecular formula is C15H13N3O5. The van der Waals surface area contributed by atoms with Crippen LogP contribution in [-0.2, 0) is 0 Å². The highest BCUT2D eigenvalue weighted by Crippen LogP contribution is 2.32. The number of benzene rings is 2. The second-order valence-electron chi connectivity index (χ2n) is 4.87. The molecule has 2 N–H and O–H groups in total. The highest BCUT2D eigenvalue weighted by molar-refractivity contribution is 5.94. The molecule has 0 aliphatic heterocycles. The van der Waals surface area contributed by atoms with Crippen molar-refractivity contribution in [1.82, 2.24) is 4.73 Å². The maximum atomic E-state index is 10.9. The van der Waals surface area contributed by atoms with E-state index >= 15 is 0 Å². The Labute approximate surface area is 129 Å². The fourth-order valence-electron chi connectivity index (χ4n) is 2.54. The number of methoxy groups -OCH3 is 2. The molecule has 3 aromatic rings. The van der Waals surface area contributed by atoms with Crippen LogP contribution in [0.15, 0.2) is 30.3 Å². The molecular weight excluding hydrogens is 302 g/mol. The lowest BCUT2D eigenvalue weighted by atomic mass is 10.1. The zero-order chi connectivity index (χ0) is 16.7. The van der Waals surface area contributed by atoms with Crippen LogP contribution in [0.3, 0.4) is 0 Å². The third kappa shape index (κ3) is 2.11. The van der Waals surface area contributed by atoms with Crippen LogP contribution in [0.1, 0.15) is 0 Å². The number of non-ortho nitro benzene ring substituents is 1. The second-order valence-corrected chi connectivity index (χ2v) is 4.87. The van der Waals surface area contributed by atoms with Gasteiger partial charge in [-0.25, -0.2) is 0 Å². The zero-order valence-electron chi connectivity index (χ0n) is 12.4. The summed E-state index contributed by atoms with van der Waals surface area (Å²) in [5, 5.41) is 30.6. The van der Waals surface area contributed by atoms with Gasteiger partial charge in [0.1, 0.15) is 0 Å². The largest absolute Gasteiger partial charge is 0.493 e. The van der Waals surface area contributed by atoms with E-state index in [0.717, 1.165) is 4.73 Å². The Morgan fingerprint density at radius 2 is 1.70 bits per heavy atom. The molecule has 0 fully saturated rings. The van der Waals surface area contributed by atoms with Gasteiger partial charge in [0.25, 0.3) is 5.69 Å². The molecule has 0 saturated heterocycles. The van der Waals surface area contributed by atoms with E-state index in [1.165, 1.54) is 38.5 Å². The number of fused-ring (bicyclic) bond motifs is 2. The monoisotopic (exact) mass is 315 g/mol. The number of rotatable bonds is 3. The Morgan fingerprint density at radius 3 is 2.30 bits per heavy atom. The van der Waals surface area contributed by atoms with Crippen molar-refractivity contribution in [3.8, 4) is 11.5 Å². The molecule has 23 heavy (non-hydrogen) atoms. The fraction of sp³-hybridized carbons (Fsp3) is 0.133. The molecule has 0 radical (unpaired) electrons. The number of pyridine rings is 1. The van der Waals surface area contributed by atoms with Crippen molar-refractivity contribution in [1.29, 1.82) is 5.41 Å². The van der Waals surface area contributed by atoms with Gasteiger partial charge in [-0.2, -0.15) is 4.73 Å². The van der Waals surface area contributed by atoms with Crippen molar-refractivity contribution in [2.24, 2.45) is 0 Å². The van der Waals surface area contributed by atoms with Crippen molar-refractivity contribution in [2.75, 3.05) is 14.2 Å². The van der Waals surface area contributed by atoms with E-state index in [9.17, 15) is 15.3 Å². The summed E-state index contributed by atoms with van der Waals surface area (Å²) in [4.78, 5) is 10.4. The first-order valence-corrected chi connectivity index (χ1v) is 6.60. The van der Waals surface area contributed by atoms with Gasteiger partial charge in [0, 0.05) is 29.0 Å². The van der Waals surface area contributed by atoms with Crippen LogP contribution >= 0.6 is 0 Å². The molecule has 0 bridgehead atoms. The average Bonchev–Trinajstić information content (AvgIpc) is 2.57. The molecule has 118 valence electrons. The number of ether oxygens (including phenoxy) is 2. The highest BCUT2D eigenvalue weighted by atomic mass is 16.6. The van der Waals surface area contributed by atoms with Gasteiger partial charge >= 0.3 is 0 Å². The van der Waals surface area contributed by atoms with Gasteiger partial charge in [0.05, 0.1) is 35.5 Å². The molecule has 0 atom stereocenters. The van der Waals surface area contributed by atoms with Gasteiger partial charge in [-0.15, -0.1) is 0 Å². The number of hydrogen-bond donors (Lipinski definition) is 2. The first-order chi connectivity index (χ1) is 11.0. The Balaban J connectivity index is 2.50. The summed E-state index contributed by atoms with van der Waals surface area (Å²) in [6.07, 6.45) is 0. The van der Waals surface area contributed by atoms with Crippen molar-refractivity contribution < 1.29 is 19.6 Å². The number of aromatic nitrogens is 1. The average molecular weight is 315 g/mol. The molecule has 0 saturated carbocycles. The Bertz CT molecular complexity index is 1010. The molecule has 0 aliphatic carbocycles. The molecule has 3 rings (SSSR count). The van der Waals surface area contributed by atoms with E-state index in [-0.39, 0.29) is 16.6 Å². The molecule has 0 unspecified atom stereocenters. The number of nitro groups is 1. The molecule has 1 aromatic heterocycles. The minimum absolute atomic E-state index is 0.135. The summed E-state index contributed by atoms with van der Waals surface area (Å²) in [6.45, 7) is 0. The second kappa shape index (κ2) is 5.16. The van der Waals surface area contributed by atoms with Crippen LogP contribution in [0.2, 0.25) is 0 Å². The maximum absolute atomic E-state index is 10.9. The van der Waals surface area contributed by atoms with Crippen molar-refractivity contribution >= 4 is 27.5 Å². The normalized spacial score (nSPS) is 10.9. The SMILES string of the molecule is COc1cc2c(=N)c3ccc([N+](=O)[O-])cc3n(O)c2cc1OC. The van der Waals surface area contributed by atoms with Crippen LogP contribution in [0.5, 0.6) is 11.5 Å². The molecule has 8 heteroatoms. The quantitative estimate of drug-likeness (QED) is 0.334. The summed E-state index contributed by atoms with van der Waals surface area (Å²) >= 11 is 0. The summed E-state index contributed by atoms with van der Waals surface area (Å²) < 4.78 is 11.2. The van der Waals surface area contributed by atoms with Crippen LogP contribution in [0, 0.1) is 15.5 Å². The molecule has 0 amide bonds. The van der Waals surface area contributed by atoms with Gasteiger partial charge in [-0.05, 0) is 12.1 Å². The van der Waals surface area contributed by atoms with Crippen molar-refractivity contribution in [3.63, 3.8) is 0 Å². The standard InChI is InChI=1S/C15H13N3O5/c1-22-13-6-10-12(7-14(13)23-2)17(19)11-5-8(18(20)21)3-4-9(11)15(10)16/h3-7,16,19H,1-2H3. The molecule has 0 aliphatic rings. The number of hydrogen-bond acceptors (Lipinski definition) is 6. The summed E-state index contributed by atoms with van der Waals surface area (Å²) in [6, 6.07) is 7.07. The van der Waals surface area contributed by atoms with E-state index in [0.29, 0.717) is 27.8 Å². The maximum Gasteiger partial charge on any atom is 0.271 e. The molecule has 1 heterocycles. The fourth-order valence-corrected chi connectivity index (χ4v) is 2.54.